The Morgan fingerprint density at radius 3 is 2.75 bits per heavy atom. The van der Waals surface area contributed by atoms with Crippen molar-refractivity contribution in [1.29, 1.82) is 0 Å². The van der Waals surface area contributed by atoms with Gasteiger partial charge in [-0.15, -0.1) is 0 Å². The molecular formula is C13H22N4O3. The van der Waals surface area contributed by atoms with Crippen LogP contribution in [0.5, 0.6) is 0 Å². The second-order valence-corrected chi connectivity index (χ2v) is 4.85. The van der Waals surface area contributed by atoms with Crippen LogP contribution in [0.2, 0.25) is 0 Å². The average Bonchev–Trinajstić information content (AvgIpc) is 2.85. The van der Waals surface area contributed by atoms with E-state index >= 15 is 0 Å². The molecule has 0 aromatic carbocycles. The quantitative estimate of drug-likeness (QED) is 0.720. The molecule has 1 aromatic rings. The van der Waals surface area contributed by atoms with E-state index in [9.17, 15) is 9.59 Å². The zero-order chi connectivity index (χ0) is 15.2. The van der Waals surface area contributed by atoms with Gasteiger partial charge in [-0.25, -0.2) is 4.79 Å². The summed E-state index contributed by atoms with van der Waals surface area (Å²) >= 11 is 0. The van der Waals surface area contributed by atoms with Gasteiger partial charge in [0.05, 0.1) is 18.5 Å². The Bertz CT molecular complexity index is 468. The summed E-state index contributed by atoms with van der Waals surface area (Å²) in [7, 11) is 1.78. The number of esters is 1. The summed E-state index contributed by atoms with van der Waals surface area (Å²) in [6.45, 7) is 6.10. The highest BCUT2D eigenvalue weighted by atomic mass is 16.5. The number of amides is 1. The van der Waals surface area contributed by atoms with Crippen molar-refractivity contribution in [2.75, 3.05) is 25.5 Å². The molecule has 20 heavy (non-hydrogen) atoms. The van der Waals surface area contributed by atoms with Crippen molar-refractivity contribution in [3.63, 3.8) is 0 Å². The first kappa shape index (κ1) is 16.2. The van der Waals surface area contributed by atoms with Crippen molar-refractivity contribution < 1.29 is 14.3 Å². The number of nitrogens with zero attached hydrogens (tertiary/aromatic N) is 2. The van der Waals surface area contributed by atoms with Gasteiger partial charge in [-0.2, -0.15) is 5.10 Å². The minimum Gasteiger partial charge on any atom is -0.464 e. The second-order valence-electron chi connectivity index (χ2n) is 4.85. The van der Waals surface area contributed by atoms with Crippen LogP contribution in [0.25, 0.3) is 0 Å². The molecule has 0 aliphatic heterocycles. The van der Waals surface area contributed by atoms with E-state index in [4.69, 9.17) is 4.74 Å². The number of rotatable bonds is 7. The van der Waals surface area contributed by atoms with E-state index in [2.05, 4.69) is 15.7 Å². The molecule has 2 N–H and O–H groups in total. The molecule has 7 heteroatoms. The van der Waals surface area contributed by atoms with E-state index in [0.717, 1.165) is 0 Å². The van der Waals surface area contributed by atoms with Crippen LogP contribution in [0.3, 0.4) is 0 Å². The molecule has 0 atom stereocenters. The first-order valence-corrected chi connectivity index (χ1v) is 6.58. The fourth-order valence-electron chi connectivity index (χ4n) is 1.56. The summed E-state index contributed by atoms with van der Waals surface area (Å²) in [5, 5.41) is 9.74. The first-order chi connectivity index (χ1) is 9.41. The predicted octanol–water partition coefficient (Wildman–Crippen LogP) is 0.729. The van der Waals surface area contributed by atoms with Crippen LogP contribution in [-0.2, 0) is 19.9 Å². The van der Waals surface area contributed by atoms with E-state index in [1.807, 2.05) is 0 Å². The molecule has 0 fully saturated rings. The predicted molar refractivity (Wildman–Crippen MR) is 75.4 cm³/mol. The molecule has 1 aromatic heterocycles. The third-order valence-corrected chi connectivity index (χ3v) is 2.82. The Hall–Kier alpha value is -1.89. The van der Waals surface area contributed by atoms with Gasteiger partial charge >= 0.3 is 5.97 Å². The molecule has 0 saturated carbocycles. The van der Waals surface area contributed by atoms with Crippen LogP contribution in [-0.4, -0.2) is 41.9 Å². The first-order valence-electron chi connectivity index (χ1n) is 6.58. The summed E-state index contributed by atoms with van der Waals surface area (Å²) in [5.41, 5.74) is -0.354. The van der Waals surface area contributed by atoms with Crippen molar-refractivity contribution in [3.8, 4) is 0 Å². The van der Waals surface area contributed by atoms with Gasteiger partial charge in [0, 0.05) is 19.2 Å². The Morgan fingerprint density at radius 1 is 1.45 bits per heavy atom. The van der Waals surface area contributed by atoms with Crippen molar-refractivity contribution in [2.45, 2.75) is 32.7 Å². The van der Waals surface area contributed by atoms with Crippen LogP contribution >= 0.6 is 0 Å². The standard InChI is InChI=1S/C13H22N4O3/c1-5-20-12(19)13(2,3)17-9-10(8-15-17)16-11(18)6-7-14-4/h8-9,14H,5-7H2,1-4H3,(H,16,18). The number of ether oxygens (including phenoxy) is 1. The molecule has 0 radical (unpaired) electrons. The molecule has 7 nitrogen and oxygen atoms in total. The normalized spacial score (nSPS) is 11.2. The maximum atomic E-state index is 11.9. The van der Waals surface area contributed by atoms with Gasteiger partial charge in [0.15, 0.2) is 5.54 Å². The van der Waals surface area contributed by atoms with Gasteiger partial charge < -0.3 is 15.4 Å². The van der Waals surface area contributed by atoms with Crippen molar-refractivity contribution in [2.24, 2.45) is 0 Å². The topological polar surface area (TPSA) is 85.2 Å². The van der Waals surface area contributed by atoms with Gasteiger partial charge in [0.2, 0.25) is 5.91 Å². The van der Waals surface area contributed by atoms with E-state index in [1.54, 1.807) is 34.0 Å². The average molecular weight is 282 g/mol. The Labute approximate surface area is 118 Å². The highest BCUT2D eigenvalue weighted by Gasteiger charge is 2.32. The summed E-state index contributed by atoms with van der Waals surface area (Å²) in [4.78, 5) is 23.4. The lowest BCUT2D eigenvalue weighted by Crippen LogP contribution is -2.37. The molecule has 0 aliphatic carbocycles. The lowest BCUT2D eigenvalue weighted by molar-refractivity contribution is -0.152. The molecule has 112 valence electrons. The minimum absolute atomic E-state index is 0.104. The summed E-state index contributed by atoms with van der Waals surface area (Å²) < 4.78 is 6.49. The van der Waals surface area contributed by atoms with Crippen molar-refractivity contribution in [3.05, 3.63) is 12.4 Å². The van der Waals surface area contributed by atoms with E-state index < -0.39 is 5.54 Å². The second kappa shape index (κ2) is 7.04. The van der Waals surface area contributed by atoms with Crippen LogP contribution < -0.4 is 10.6 Å². The number of hydrogen-bond acceptors (Lipinski definition) is 5. The highest BCUT2D eigenvalue weighted by Crippen LogP contribution is 2.18. The molecule has 1 rings (SSSR count). The van der Waals surface area contributed by atoms with Crippen molar-refractivity contribution >= 4 is 17.6 Å². The Balaban J connectivity index is 2.71. The SMILES string of the molecule is CCOC(=O)C(C)(C)n1cc(NC(=O)CCNC)cn1. The van der Waals surface area contributed by atoms with Gasteiger partial charge in [-0.05, 0) is 27.8 Å². The molecular weight excluding hydrogens is 260 g/mol. The molecule has 0 aliphatic rings. The van der Waals surface area contributed by atoms with Gasteiger partial charge in [0.25, 0.3) is 0 Å². The maximum absolute atomic E-state index is 11.9. The lowest BCUT2D eigenvalue weighted by atomic mass is 10.1. The van der Waals surface area contributed by atoms with E-state index in [-0.39, 0.29) is 11.9 Å². The number of aromatic nitrogens is 2. The van der Waals surface area contributed by atoms with Gasteiger partial charge in [-0.1, -0.05) is 0 Å². The molecule has 1 amide bonds. The molecule has 1 heterocycles. The zero-order valence-electron chi connectivity index (χ0n) is 12.4. The fourth-order valence-corrected chi connectivity index (χ4v) is 1.56. The van der Waals surface area contributed by atoms with Crippen LogP contribution in [0.15, 0.2) is 12.4 Å². The third-order valence-electron chi connectivity index (χ3n) is 2.82. The number of nitrogens with one attached hydrogen (secondary N) is 2. The smallest absolute Gasteiger partial charge is 0.333 e. The number of hydrogen-bond donors (Lipinski definition) is 2. The van der Waals surface area contributed by atoms with Crippen LogP contribution in [0, 0.1) is 0 Å². The summed E-state index contributed by atoms with van der Waals surface area (Å²) in [5.74, 6) is -0.469. The minimum atomic E-state index is -0.913. The number of anilines is 1. The third kappa shape index (κ3) is 4.06. The molecule has 0 unspecified atom stereocenters. The number of carbonyl (C=O) groups is 2. The largest absolute Gasteiger partial charge is 0.464 e. The van der Waals surface area contributed by atoms with E-state index in [0.29, 0.717) is 25.3 Å². The van der Waals surface area contributed by atoms with E-state index in [1.165, 1.54) is 10.9 Å². The molecule has 0 saturated heterocycles. The van der Waals surface area contributed by atoms with Crippen molar-refractivity contribution in [1.82, 2.24) is 15.1 Å². The highest BCUT2D eigenvalue weighted by molar-refractivity contribution is 5.90. The summed E-state index contributed by atoms with van der Waals surface area (Å²) in [6.07, 6.45) is 3.51. The monoisotopic (exact) mass is 282 g/mol. The molecule has 0 bridgehead atoms. The molecule has 0 spiro atoms. The summed E-state index contributed by atoms with van der Waals surface area (Å²) in [6, 6.07) is 0. The van der Waals surface area contributed by atoms with Crippen LogP contribution in [0.4, 0.5) is 5.69 Å². The lowest BCUT2D eigenvalue weighted by Gasteiger charge is -2.22. The fraction of sp³-hybridized carbons (Fsp3) is 0.615. The Kier molecular flexibility index (Phi) is 5.69. The Morgan fingerprint density at radius 2 is 2.15 bits per heavy atom. The number of carbonyl (C=O) groups excluding carboxylic acids is 2. The zero-order valence-corrected chi connectivity index (χ0v) is 12.4. The van der Waals surface area contributed by atoms with Crippen LogP contribution in [0.1, 0.15) is 27.2 Å². The van der Waals surface area contributed by atoms with Gasteiger partial charge in [0.1, 0.15) is 0 Å². The van der Waals surface area contributed by atoms with Gasteiger partial charge in [-0.3, -0.25) is 9.48 Å². The maximum Gasteiger partial charge on any atom is 0.333 e.